The van der Waals surface area contributed by atoms with Crippen molar-refractivity contribution in [2.75, 3.05) is 52.9 Å². The van der Waals surface area contributed by atoms with Gasteiger partial charge in [-0.25, -0.2) is 0 Å². The van der Waals surface area contributed by atoms with Crippen molar-refractivity contribution >= 4 is 35.8 Å². The van der Waals surface area contributed by atoms with Gasteiger partial charge in [0, 0.05) is 77.3 Å². The Morgan fingerprint density at radius 2 is 2.00 bits per heavy atom. The van der Waals surface area contributed by atoms with Gasteiger partial charge in [-0.15, -0.1) is 24.0 Å². The molecule has 174 valence electrons. The molecule has 0 aliphatic carbocycles. The van der Waals surface area contributed by atoms with E-state index in [0.29, 0.717) is 13.2 Å². The number of carbonyl (C=O) groups excluding carboxylic acids is 1. The number of amides is 1. The van der Waals surface area contributed by atoms with Crippen molar-refractivity contribution < 1.29 is 14.3 Å². The maximum Gasteiger partial charge on any atom is 0.219 e. The average Bonchev–Trinajstić information content (AvgIpc) is 3.09. The Kier molecular flexibility index (Phi) is 10.1. The van der Waals surface area contributed by atoms with Gasteiger partial charge < -0.3 is 25.0 Å². The van der Waals surface area contributed by atoms with Crippen LogP contribution >= 0.6 is 24.0 Å². The van der Waals surface area contributed by atoms with Gasteiger partial charge in [-0.1, -0.05) is 0 Å². The third kappa shape index (κ3) is 7.13. The number of piperazine rings is 1. The lowest BCUT2D eigenvalue weighted by Gasteiger charge is -2.34. The molecule has 2 heterocycles. The van der Waals surface area contributed by atoms with E-state index < -0.39 is 0 Å². The molecule has 0 radical (unpaired) electrons. The van der Waals surface area contributed by atoms with Crippen molar-refractivity contribution in [3.05, 3.63) is 23.3 Å². The Labute approximate surface area is 202 Å². The van der Waals surface area contributed by atoms with Crippen LogP contribution in [-0.4, -0.2) is 80.7 Å². The minimum Gasteiger partial charge on any atom is -0.494 e. The first-order valence-electron chi connectivity index (χ1n) is 10.9. The molecule has 2 aliphatic heterocycles. The van der Waals surface area contributed by atoms with Gasteiger partial charge in [-0.2, -0.15) is 0 Å². The maximum atomic E-state index is 11.4. The van der Waals surface area contributed by atoms with Gasteiger partial charge >= 0.3 is 0 Å². The zero-order valence-corrected chi connectivity index (χ0v) is 21.4. The third-order valence-electron chi connectivity index (χ3n) is 5.59. The molecule has 0 spiro atoms. The van der Waals surface area contributed by atoms with Crippen LogP contribution in [0.4, 0.5) is 0 Å². The largest absolute Gasteiger partial charge is 0.494 e. The number of hydrogen-bond donors (Lipinski definition) is 2. The normalized spacial score (nSPS) is 18.6. The predicted octanol–water partition coefficient (Wildman–Crippen LogP) is 1.86. The molecule has 1 aromatic carbocycles. The van der Waals surface area contributed by atoms with E-state index in [1.165, 1.54) is 5.56 Å². The summed E-state index contributed by atoms with van der Waals surface area (Å²) in [6, 6.07) is 4.19. The van der Waals surface area contributed by atoms with Crippen LogP contribution in [-0.2, 0) is 17.8 Å². The van der Waals surface area contributed by atoms with Crippen molar-refractivity contribution in [1.29, 1.82) is 0 Å². The highest BCUT2D eigenvalue weighted by molar-refractivity contribution is 14.0. The number of fused-ring (bicyclic) bond motifs is 1. The zero-order valence-electron chi connectivity index (χ0n) is 19.1. The summed E-state index contributed by atoms with van der Waals surface area (Å²) >= 11 is 0. The highest BCUT2D eigenvalue weighted by Crippen LogP contribution is 2.35. The molecule has 1 fully saturated rings. The molecular formula is C22H36IN5O3. The number of benzene rings is 1. The molecule has 31 heavy (non-hydrogen) atoms. The first-order chi connectivity index (χ1) is 14.5. The Morgan fingerprint density at radius 3 is 2.65 bits per heavy atom. The number of halogens is 1. The van der Waals surface area contributed by atoms with Crippen LogP contribution in [0.15, 0.2) is 17.1 Å². The fraction of sp³-hybridized carbons (Fsp3) is 0.636. The molecule has 3 rings (SSSR count). The van der Waals surface area contributed by atoms with E-state index in [2.05, 4.69) is 39.6 Å². The smallest absolute Gasteiger partial charge is 0.219 e. The van der Waals surface area contributed by atoms with Crippen LogP contribution < -0.4 is 20.1 Å². The first-order valence-corrected chi connectivity index (χ1v) is 10.9. The lowest BCUT2D eigenvalue weighted by atomic mass is 10.1. The van der Waals surface area contributed by atoms with E-state index >= 15 is 0 Å². The summed E-state index contributed by atoms with van der Waals surface area (Å²) in [5, 5.41) is 6.75. The minimum absolute atomic E-state index is 0. The van der Waals surface area contributed by atoms with Gasteiger partial charge in [0.25, 0.3) is 0 Å². The maximum absolute atomic E-state index is 11.4. The average molecular weight is 545 g/mol. The summed E-state index contributed by atoms with van der Waals surface area (Å²) in [6.45, 7) is 12.1. The van der Waals surface area contributed by atoms with Crippen molar-refractivity contribution in [2.24, 2.45) is 4.99 Å². The summed E-state index contributed by atoms with van der Waals surface area (Å²) in [4.78, 5) is 20.0. The van der Waals surface area contributed by atoms with Crippen LogP contribution in [0, 0.1) is 0 Å². The molecule has 1 aromatic rings. The molecule has 2 aliphatic rings. The highest BCUT2D eigenvalue weighted by atomic mass is 127. The Hall–Kier alpha value is -1.75. The fourth-order valence-corrected chi connectivity index (χ4v) is 3.93. The van der Waals surface area contributed by atoms with Gasteiger partial charge in [0.1, 0.15) is 17.6 Å². The van der Waals surface area contributed by atoms with E-state index in [1.807, 2.05) is 11.8 Å². The van der Waals surface area contributed by atoms with Crippen molar-refractivity contribution in [3.63, 3.8) is 0 Å². The van der Waals surface area contributed by atoms with Crippen LogP contribution in [0.1, 0.15) is 31.9 Å². The standard InChI is InChI=1S/C22H35N5O3.HI/c1-5-29-20-13-18-12-16(2)30-21(18)14-19(20)15-25-22(23-4)24-6-7-26-8-10-27(11-9-26)17(3)28;/h13-14,16H,5-12,15H2,1-4H3,(H2,23,24,25);1H. The molecule has 1 atom stereocenters. The minimum atomic E-state index is 0. The van der Waals surface area contributed by atoms with Gasteiger partial charge in [0.15, 0.2) is 5.96 Å². The van der Waals surface area contributed by atoms with Gasteiger partial charge in [0.2, 0.25) is 5.91 Å². The molecule has 2 N–H and O–H groups in total. The van der Waals surface area contributed by atoms with Crippen molar-refractivity contribution in [2.45, 2.75) is 39.8 Å². The fourth-order valence-electron chi connectivity index (χ4n) is 3.93. The number of hydrogen-bond acceptors (Lipinski definition) is 5. The van der Waals surface area contributed by atoms with Crippen molar-refractivity contribution in [1.82, 2.24) is 20.4 Å². The lowest BCUT2D eigenvalue weighted by molar-refractivity contribution is -0.130. The van der Waals surface area contributed by atoms with E-state index in [0.717, 1.165) is 68.7 Å². The van der Waals surface area contributed by atoms with Gasteiger partial charge in [0.05, 0.1) is 6.61 Å². The molecule has 9 heteroatoms. The van der Waals surface area contributed by atoms with Crippen molar-refractivity contribution in [3.8, 4) is 11.5 Å². The number of ether oxygens (including phenoxy) is 2. The second-order valence-corrected chi connectivity index (χ2v) is 7.83. The molecule has 0 aromatic heterocycles. The zero-order chi connectivity index (χ0) is 21.5. The van der Waals surface area contributed by atoms with E-state index in [9.17, 15) is 4.79 Å². The SMILES string of the molecule is CCOc1cc2c(cc1CNC(=NC)NCCN1CCN(C(C)=O)CC1)OC(C)C2.I. The van der Waals surface area contributed by atoms with Crippen LogP contribution in [0.2, 0.25) is 0 Å². The van der Waals surface area contributed by atoms with Gasteiger partial charge in [-0.05, 0) is 26.0 Å². The molecule has 1 unspecified atom stereocenters. The lowest BCUT2D eigenvalue weighted by Crippen LogP contribution is -2.50. The van der Waals surface area contributed by atoms with Gasteiger partial charge in [-0.3, -0.25) is 14.7 Å². The molecule has 0 bridgehead atoms. The molecule has 0 saturated carbocycles. The Balaban J connectivity index is 0.00000341. The topological polar surface area (TPSA) is 78.4 Å². The van der Waals surface area contributed by atoms with Crippen LogP contribution in [0.25, 0.3) is 0 Å². The predicted molar refractivity (Wildman–Crippen MR) is 134 cm³/mol. The second kappa shape index (κ2) is 12.3. The number of guanidine groups is 1. The quantitative estimate of drug-likeness (QED) is 0.310. The molecule has 1 amide bonds. The summed E-state index contributed by atoms with van der Waals surface area (Å²) in [7, 11) is 1.78. The second-order valence-electron chi connectivity index (χ2n) is 7.83. The summed E-state index contributed by atoms with van der Waals surface area (Å²) < 4.78 is 11.8. The monoisotopic (exact) mass is 545 g/mol. The van der Waals surface area contributed by atoms with E-state index in [-0.39, 0.29) is 36.0 Å². The summed E-state index contributed by atoms with van der Waals surface area (Å²) in [5.41, 5.74) is 2.27. The first kappa shape index (κ1) is 25.5. The number of nitrogens with one attached hydrogen (secondary N) is 2. The van der Waals surface area contributed by atoms with Crippen LogP contribution in [0.5, 0.6) is 11.5 Å². The van der Waals surface area contributed by atoms with E-state index in [1.54, 1.807) is 14.0 Å². The summed E-state index contributed by atoms with van der Waals surface area (Å²) in [6.07, 6.45) is 1.14. The third-order valence-corrected chi connectivity index (χ3v) is 5.59. The molecule has 8 nitrogen and oxygen atoms in total. The van der Waals surface area contributed by atoms with Crippen LogP contribution in [0.3, 0.4) is 0 Å². The Morgan fingerprint density at radius 1 is 1.26 bits per heavy atom. The number of rotatable bonds is 7. The molecule has 1 saturated heterocycles. The highest BCUT2D eigenvalue weighted by Gasteiger charge is 2.22. The number of carbonyl (C=O) groups is 1. The molecular weight excluding hydrogens is 509 g/mol. The Bertz CT molecular complexity index is 766. The number of nitrogens with zero attached hydrogens (tertiary/aromatic N) is 3. The van der Waals surface area contributed by atoms with E-state index in [4.69, 9.17) is 9.47 Å². The summed E-state index contributed by atoms with van der Waals surface area (Å²) in [5.74, 6) is 2.78. The number of aliphatic imine (C=N–C) groups is 1.